The van der Waals surface area contributed by atoms with Crippen LogP contribution in [-0.2, 0) is 24.3 Å². The summed E-state index contributed by atoms with van der Waals surface area (Å²) >= 11 is 0. The molecule has 40 heavy (non-hydrogen) atoms. The minimum absolute atomic E-state index is 0.0129. The monoisotopic (exact) mass is 552 g/mol. The van der Waals surface area contributed by atoms with Crippen molar-refractivity contribution in [2.75, 3.05) is 32.7 Å². The topological polar surface area (TPSA) is 66.0 Å². The van der Waals surface area contributed by atoms with Crippen molar-refractivity contribution in [1.29, 1.82) is 0 Å². The van der Waals surface area contributed by atoms with Crippen molar-refractivity contribution >= 4 is 12.2 Å². The van der Waals surface area contributed by atoms with Crippen LogP contribution in [0.25, 0.3) is 0 Å². The fraction of sp³-hybridized carbons (Fsp3) is 0.367. The Morgan fingerprint density at radius 1 is 1.02 bits per heavy atom. The lowest BCUT2D eigenvalue weighted by Crippen LogP contribution is -2.49. The Bertz CT molecular complexity index is 1340. The van der Waals surface area contributed by atoms with E-state index in [2.05, 4.69) is 14.6 Å². The van der Waals surface area contributed by atoms with Crippen LogP contribution in [0.3, 0.4) is 0 Å². The van der Waals surface area contributed by atoms with Crippen molar-refractivity contribution in [3.8, 4) is 5.75 Å². The molecule has 1 unspecified atom stereocenters. The average Bonchev–Trinajstić information content (AvgIpc) is 3.30. The number of aryl methyl sites for hydroxylation is 1. The maximum absolute atomic E-state index is 13.4. The number of halogens is 3. The number of pyridine rings is 1. The highest BCUT2D eigenvalue weighted by Crippen LogP contribution is 2.37. The van der Waals surface area contributed by atoms with E-state index in [-0.39, 0.29) is 11.7 Å². The van der Waals surface area contributed by atoms with E-state index in [9.17, 15) is 22.8 Å². The van der Waals surface area contributed by atoms with Crippen molar-refractivity contribution in [3.63, 3.8) is 0 Å². The van der Waals surface area contributed by atoms with E-state index in [4.69, 9.17) is 0 Å². The first-order chi connectivity index (χ1) is 19.2. The maximum Gasteiger partial charge on any atom is 0.573 e. The number of nitrogens with zero attached hydrogens (tertiary/aromatic N) is 4. The summed E-state index contributed by atoms with van der Waals surface area (Å²) in [4.78, 5) is 35.8. The molecule has 1 aromatic heterocycles. The van der Waals surface area contributed by atoms with E-state index in [0.717, 1.165) is 54.6 Å². The van der Waals surface area contributed by atoms with Crippen LogP contribution in [0.15, 0.2) is 60.9 Å². The van der Waals surface area contributed by atoms with E-state index in [1.54, 1.807) is 24.5 Å². The number of aromatic nitrogens is 1. The Balaban J connectivity index is 1.21. The molecule has 2 aliphatic rings. The molecular formula is C30H31F3N4O3. The Hall–Kier alpha value is -3.76. The summed E-state index contributed by atoms with van der Waals surface area (Å²) in [6.07, 6.45) is 0.680. The van der Waals surface area contributed by atoms with Crippen LogP contribution >= 0.6 is 0 Å². The molecule has 1 atom stereocenters. The number of amides is 1. The van der Waals surface area contributed by atoms with Gasteiger partial charge in [0, 0.05) is 63.8 Å². The van der Waals surface area contributed by atoms with Crippen molar-refractivity contribution in [3.05, 3.63) is 94.3 Å². The molecule has 0 aliphatic carbocycles. The molecule has 0 radical (unpaired) electrons. The van der Waals surface area contributed by atoms with Gasteiger partial charge in [-0.2, -0.15) is 0 Å². The molecule has 0 spiro atoms. The van der Waals surface area contributed by atoms with Gasteiger partial charge < -0.3 is 14.4 Å². The minimum atomic E-state index is -4.75. The second-order valence-electron chi connectivity index (χ2n) is 10.3. The number of carbonyl (C=O) groups is 2. The number of piperazine rings is 1. The Morgan fingerprint density at radius 3 is 2.38 bits per heavy atom. The molecule has 1 amide bonds. The molecule has 0 N–H and O–H groups in total. The Labute approximate surface area is 231 Å². The molecule has 1 fully saturated rings. The molecular weight excluding hydrogens is 521 g/mol. The van der Waals surface area contributed by atoms with E-state index >= 15 is 0 Å². The van der Waals surface area contributed by atoms with Crippen LogP contribution in [0.1, 0.15) is 44.2 Å². The van der Waals surface area contributed by atoms with Crippen molar-refractivity contribution < 1.29 is 27.5 Å². The largest absolute Gasteiger partial charge is 0.573 e. The number of rotatable bonds is 8. The number of hydrogen-bond acceptors (Lipinski definition) is 6. The predicted molar refractivity (Wildman–Crippen MR) is 143 cm³/mol. The summed E-state index contributed by atoms with van der Waals surface area (Å²) in [5.41, 5.74) is 5.31. The standard InChI is InChI=1S/C30H31F3N4O3/c1-21-16-24(29(39)36-14-12-35(13-15-36)11-8-22-6-9-34-10-7-22)17-25-19-37(27(20-38)28(21)25)18-23-2-4-26(5-3-23)40-30(31,32)33/h2-7,9-10,16-17,20,27H,8,11-15,18-19H2,1H3. The summed E-state index contributed by atoms with van der Waals surface area (Å²) in [6.45, 7) is 6.62. The molecule has 3 heterocycles. The third-order valence-electron chi connectivity index (χ3n) is 7.58. The van der Waals surface area contributed by atoms with Gasteiger partial charge in [-0.3, -0.25) is 19.6 Å². The summed E-state index contributed by atoms with van der Waals surface area (Å²) < 4.78 is 41.4. The summed E-state index contributed by atoms with van der Waals surface area (Å²) in [7, 11) is 0. The van der Waals surface area contributed by atoms with Gasteiger partial charge in [-0.1, -0.05) is 12.1 Å². The summed E-state index contributed by atoms with van der Waals surface area (Å²) in [6, 6.07) is 13.0. The first-order valence-electron chi connectivity index (χ1n) is 13.3. The van der Waals surface area contributed by atoms with E-state index in [1.165, 1.54) is 17.7 Å². The zero-order chi connectivity index (χ0) is 28.3. The molecule has 5 rings (SSSR count). The third-order valence-corrected chi connectivity index (χ3v) is 7.58. The van der Waals surface area contributed by atoms with Gasteiger partial charge in [0.15, 0.2) is 0 Å². The predicted octanol–water partition coefficient (Wildman–Crippen LogP) is 4.54. The minimum Gasteiger partial charge on any atom is -0.406 e. The highest BCUT2D eigenvalue weighted by molar-refractivity contribution is 5.95. The van der Waals surface area contributed by atoms with Gasteiger partial charge in [-0.15, -0.1) is 13.2 Å². The fourth-order valence-electron chi connectivity index (χ4n) is 5.58. The molecule has 0 bridgehead atoms. The Morgan fingerprint density at radius 2 is 1.73 bits per heavy atom. The van der Waals surface area contributed by atoms with Crippen LogP contribution in [0.5, 0.6) is 5.75 Å². The van der Waals surface area contributed by atoms with Gasteiger partial charge in [0.2, 0.25) is 0 Å². The quantitative estimate of drug-likeness (QED) is 0.383. The van der Waals surface area contributed by atoms with Crippen LogP contribution in [0.4, 0.5) is 13.2 Å². The number of carbonyl (C=O) groups excluding carboxylic acids is 2. The molecule has 3 aromatic rings. The maximum atomic E-state index is 13.4. The van der Waals surface area contributed by atoms with Gasteiger partial charge in [0.1, 0.15) is 12.0 Å². The lowest BCUT2D eigenvalue weighted by Gasteiger charge is -2.35. The second kappa shape index (κ2) is 11.8. The van der Waals surface area contributed by atoms with Crippen molar-refractivity contribution in [2.45, 2.75) is 38.8 Å². The highest BCUT2D eigenvalue weighted by Gasteiger charge is 2.34. The van der Waals surface area contributed by atoms with Gasteiger partial charge in [-0.25, -0.2) is 0 Å². The van der Waals surface area contributed by atoms with Gasteiger partial charge in [-0.05, 0) is 77.6 Å². The molecule has 2 aromatic carbocycles. The number of alkyl halides is 3. The number of benzene rings is 2. The SMILES string of the molecule is Cc1cc(C(=O)N2CCN(CCc3ccncc3)CC2)cc2c1C(C=O)N(Cc1ccc(OC(F)(F)F)cc1)C2. The normalized spacial score (nSPS) is 18.0. The van der Waals surface area contributed by atoms with E-state index in [1.807, 2.05) is 41.0 Å². The highest BCUT2D eigenvalue weighted by atomic mass is 19.4. The van der Waals surface area contributed by atoms with Gasteiger partial charge in [0.25, 0.3) is 5.91 Å². The first-order valence-corrected chi connectivity index (χ1v) is 13.3. The van der Waals surface area contributed by atoms with E-state index < -0.39 is 12.4 Å². The molecule has 2 aliphatic heterocycles. The lowest BCUT2D eigenvalue weighted by molar-refractivity contribution is -0.274. The number of fused-ring (bicyclic) bond motifs is 1. The van der Waals surface area contributed by atoms with E-state index in [0.29, 0.717) is 31.7 Å². The lowest BCUT2D eigenvalue weighted by atomic mass is 9.96. The number of hydrogen-bond donors (Lipinski definition) is 0. The van der Waals surface area contributed by atoms with Gasteiger partial charge in [0.05, 0.1) is 6.04 Å². The number of aldehydes is 1. The number of ether oxygens (including phenoxy) is 1. The summed E-state index contributed by atoms with van der Waals surface area (Å²) in [5, 5.41) is 0. The molecule has 1 saturated heterocycles. The zero-order valence-corrected chi connectivity index (χ0v) is 22.2. The van der Waals surface area contributed by atoms with Crippen LogP contribution in [0, 0.1) is 6.92 Å². The fourth-order valence-corrected chi connectivity index (χ4v) is 5.58. The average molecular weight is 553 g/mol. The molecule has 0 saturated carbocycles. The second-order valence-corrected chi connectivity index (χ2v) is 10.3. The smallest absolute Gasteiger partial charge is 0.406 e. The summed E-state index contributed by atoms with van der Waals surface area (Å²) in [5.74, 6) is -0.303. The molecule has 210 valence electrons. The van der Waals surface area contributed by atoms with Crippen LogP contribution in [0.2, 0.25) is 0 Å². The Kier molecular flexibility index (Phi) is 8.18. The molecule has 10 heteroatoms. The van der Waals surface area contributed by atoms with Crippen molar-refractivity contribution in [1.82, 2.24) is 19.7 Å². The van der Waals surface area contributed by atoms with Gasteiger partial charge >= 0.3 is 6.36 Å². The van der Waals surface area contributed by atoms with Crippen LogP contribution in [-0.4, -0.2) is 71.0 Å². The van der Waals surface area contributed by atoms with Crippen LogP contribution < -0.4 is 4.74 Å². The first kappa shape index (κ1) is 27.8. The zero-order valence-electron chi connectivity index (χ0n) is 22.2. The molecule has 7 nitrogen and oxygen atoms in total. The third kappa shape index (κ3) is 6.51. The van der Waals surface area contributed by atoms with Crippen molar-refractivity contribution in [2.24, 2.45) is 0 Å².